The van der Waals surface area contributed by atoms with E-state index in [2.05, 4.69) is 18.8 Å². The van der Waals surface area contributed by atoms with Crippen molar-refractivity contribution in [2.45, 2.75) is 26.7 Å². The topological polar surface area (TPSA) is 30.0 Å². The first-order valence-corrected chi connectivity index (χ1v) is 7.04. The molecule has 2 rings (SSSR count). The van der Waals surface area contributed by atoms with Crippen LogP contribution < -0.4 is 0 Å². The zero-order chi connectivity index (χ0) is 13.0. The van der Waals surface area contributed by atoms with Gasteiger partial charge >= 0.3 is 0 Å². The number of thiazole rings is 1. The average Bonchev–Trinajstić information content (AvgIpc) is 2.76. The molecule has 94 valence electrons. The van der Waals surface area contributed by atoms with Crippen LogP contribution in [0.15, 0.2) is 35.7 Å². The molecule has 3 heteroatoms. The fourth-order valence-corrected chi connectivity index (χ4v) is 2.77. The van der Waals surface area contributed by atoms with Gasteiger partial charge in [0.1, 0.15) is 0 Å². The van der Waals surface area contributed by atoms with Gasteiger partial charge in [-0.1, -0.05) is 44.2 Å². The lowest BCUT2D eigenvalue weighted by Gasteiger charge is -1.99. The second-order valence-electron chi connectivity index (χ2n) is 4.80. The summed E-state index contributed by atoms with van der Waals surface area (Å²) in [5.74, 6) is 0.742. The normalized spacial score (nSPS) is 10.8. The van der Waals surface area contributed by atoms with Gasteiger partial charge in [0.25, 0.3) is 0 Å². The maximum atomic E-state index is 12.0. The number of carbonyl (C=O) groups is 1. The van der Waals surface area contributed by atoms with Gasteiger partial charge < -0.3 is 0 Å². The molecule has 0 saturated carbocycles. The van der Waals surface area contributed by atoms with Gasteiger partial charge in [-0.15, -0.1) is 11.3 Å². The van der Waals surface area contributed by atoms with Crippen molar-refractivity contribution in [1.82, 2.24) is 4.98 Å². The molecule has 0 aliphatic carbocycles. The number of nitrogens with zero attached hydrogens (tertiary/aromatic N) is 1. The molecular formula is C15H17NOS. The van der Waals surface area contributed by atoms with Gasteiger partial charge in [-0.2, -0.15) is 0 Å². The summed E-state index contributed by atoms with van der Waals surface area (Å²) >= 11 is 1.65. The van der Waals surface area contributed by atoms with E-state index < -0.39 is 0 Å². The molecule has 0 aliphatic rings. The van der Waals surface area contributed by atoms with Crippen LogP contribution in [0, 0.1) is 5.92 Å². The van der Waals surface area contributed by atoms with E-state index in [1.54, 1.807) is 11.3 Å². The van der Waals surface area contributed by atoms with Gasteiger partial charge in [-0.3, -0.25) is 4.79 Å². The molecule has 1 heterocycles. The minimum absolute atomic E-state index is 0.136. The van der Waals surface area contributed by atoms with Gasteiger partial charge in [0, 0.05) is 17.4 Å². The molecule has 0 atom stereocenters. The summed E-state index contributed by atoms with van der Waals surface area (Å²) in [4.78, 5) is 16.5. The number of hydrogen-bond acceptors (Lipinski definition) is 3. The summed E-state index contributed by atoms with van der Waals surface area (Å²) in [5.41, 5.74) is 1.65. The van der Waals surface area contributed by atoms with Crippen LogP contribution in [0.4, 0.5) is 0 Å². The van der Waals surface area contributed by atoms with Crippen molar-refractivity contribution in [2.24, 2.45) is 5.92 Å². The maximum absolute atomic E-state index is 12.0. The Labute approximate surface area is 112 Å². The Morgan fingerprint density at radius 1 is 1.28 bits per heavy atom. The zero-order valence-corrected chi connectivity index (χ0v) is 11.5. The maximum Gasteiger partial charge on any atom is 0.168 e. The number of benzene rings is 1. The molecule has 0 N–H and O–H groups in total. The standard InChI is InChI=1S/C15H17NOS/c1-11(2)8-15-16-13(10-18-15)9-14(17)12-6-4-3-5-7-12/h3-7,10-11H,8-9H2,1-2H3. The van der Waals surface area contributed by atoms with E-state index in [1.165, 1.54) is 0 Å². The number of Topliss-reactive ketones (excluding diaryl/α,β-unsaturated/α-hetero) is 1. The fraction of sp³-hybridized carbons (Fsp3) is 0.333. The van der Waals surface area contributed by atoms with E-state index in [0.717, 1.165) is 22.7 Å². The van der Waals surface area contributed by atoms with Gasteiger partial charge in [0.05, 0.1) is 17.1 Å². The average molecular weight is 259 g/mol. The molecule has 0 saturated heterocycles. The Kier molecular flexibility index (Phi) is 4.26. The highest BCUT2D eigenvalue weighted by atomic mass is 32.1. The zero-order valence-electron chi connectivity index (χ0n) is 10.7. The first kappa shape index (κ1) is 13.0. The minimum Gasteiger partial charge on any atom is -0.294 e. The largest absolute Gasteiger partial charge is 0.294 e. The monoisotopic (exact) mass is 259 g/mol. The molecule has 1 aromatic heterocycles. The van der Waals surface area contributed by atoms with Crippen molar-refractivity contribution in [2.75, 3.05) is 0 Å². The summed E-state index contributed by atoms with van der Waals surface area (Å²) in [5, 5.41) is 3.12. The lowest BCUT2D eigenvalue weighted by molar-refractivity contribution is 0.0992. The molecule has 0 amide bonds. The molecule has 0 spiro atoms. The summed E-state index contributed by atoms with van der Waals surface area (Å²) in [7, 11) is 0. The van der Waals surface area contributed by atoms with Crippen LogP contribution in [0.1, 0.15) is 34.9 Å². The van der Waals surface area contributed by atoms with E-state index in [1.807, 2.05) is 35.7 Å². The van der Waals surface area contributed by atoms with E-state index >= 15 is 0 Å². The Balaban J connectivity index is 2.01. The molecule has 18 heavy (non-hydrogen) atoms. The molecule has 2 aromatic rings. The van der Waals surface area contributed by atoms with Crippen molar-refractivity contribution in [3.63, 3.8) is 0 Å². The molecule has 0 bridgehead atoms. The highest BCUT2D eigenvalue weighted by molar-refractivity contribution is 7.09. The highest BCUT2D eigenvalue weighted by Gasteiger charge is 2.10. The number of hydrogen-bond donors (Lipinski definition) is 0. The Morgan fingerprint density at radius 2 is 2.00 bits per heavy atom. The fourth-order valence-electron chi connectivity index (χ4n) is 1.76. The number of aromatic nitrogens is 1. The molecule has 2 nitrogen and oxygen atoms in total. The van der Waals surface area contributed by atoms with Crippen LogP contribution in [-0.2, 0) is 12.8 Å². The Hall–Kier alpha value is -1.48. The highest BCUT2D eigenvalue weighted by Crippen LogP contribution is 2.15. The van der Waals surface area contributed by atoms with Gasteiger partial charge in [0.2, 0.25) is 0 Å². The van der Waals surface area contributed by atoms with Crippen molar-refractivity contribution >= 4 is 17.1 Å². The molecule has 0 fully saturated rings. The summed E-state index contributed by atoms with van der Waals surface area (Å²) < 4.78 is 0. The van der Waals surface area contributed by atoms with Gasteiger partial charge in [-0.05, 0) is 5.92 Å². The van der Waals surface area contributed by atoms with Gasteiger partial charge in [-0.25, -0.2) is 4.98 Å². The second-order valence-corrected chi connectivity index (χ2v) is 5.74. The van der Waals surface area contributed by atoms with Crippen molar-refractivity contribution < 1.29 is 4.79 Å². The predicted molar refractivity (Wildman–Crippen MR) is 75.1 cm³/mol. The molecule has 1 aromatic carbocycles. The first-order valence-electron chi connectivity index (χ1n) is 6.16. The number of carbonyl (C=O) groups excluding carboxylic acids is 1. The summed E-state index contributed by atoms with van der Waals surface area (Å²) in [6.07, 6.45) is 1.39. The molecule has 0 unspecified atom stereocenters. The molecule has 0 aliphatic heterocycles. The lowest BCUT2D eigenvalue weighted by atomic mass is 10.1. The summed E-state index contributed by atoms with van der Waals surface area (Å²) in [6, 6.07) is 9.39. The lowest BCUT2D eigenvalue weighted by Crippen LogP contribution is -2.04. The van der Waals surface area contributed by atoms with Crippen LogP contribution in [0.2, 0.25) is 0 Å². The van der Waals surface area contributed by atoms with Crippen LogP contribution in [0.25, 0.3) is 0 Å². The smallest absolute Gasteiger partial charge is 0.168 e. The van der Waals surface area contributed by atoms with Crippen molar-refractivity contribution in [3.8, 4) is 0 Å². The predicted octanol–water partition coefficient (Wildman–Crippen LogP) is 3.77. The minimum atomic E-state index is 0.136. The molecular weight excluding hydrogens is 242 g/mol. The van der Waals surface area contributed by atoms with Gasteiger partial charge in [0.15, 0.2) is 5.78 Å². The number of ketones is 1. The van der Waals surface area contributed by atoms with Crippen LogP contribution in [-0.4, -0.2) is 10.8 Å². The second kappa shape index (κ2) is 5.91. The van der Waals surface area contributed by atoms with E-state index in [0.29, 0.717) is 12.3 Å². The van der Waals surface area contributed by atoms with Crippen LogP contribution in [0.3, 0.4) is 0 Å². The Bertz CT molecular complexity index is 516. The Morgan fingerprint density at radius 3 is 2.67 bits per heavy atom. The van der Waals surface area contributed by atoms with E-state index in [9.17, 15) is 4.79 Å². The number of rotatable bonds is 5. The SMILES string of the molecule is CC(C)Cc1nc(CC(=O)c2ccccc2)cs1. The third-order valence-electron chi connectivity index (χ3n) is 2.62. The third kappa shape index (κ3) is 3.50. The van der Waals surface area contributed by atoms with Crippen LogP contribution in [0.5, 0.6) is 0 Å². The van der Waals surface area contributed by atoms with Crippen molar-refractivity contribution in [3.05, 3.63) is 52.0 Å². The summed E-state index contributed by atoms with van der Waals surface area (Å²) in [6.45, 7) is 4.35. The first-order chi connectivity index (χ1) is 8.65. The van der Waals surface area contributed by atoms with E-state index in [4.69, 9.17) is 0 Å². The van der Waals surface area contributed by atoms with Crippen LogP contribution >= 0.6 is 11.3 Å². The van der Waals surface area contributed by atoms with E-state index in [-0.39, 0.29) is 5.78 Å². The third-order valence-corrected chi connectivity index (χ3v) is 3.54. The molecule has 0 radical (unpaired) electrons. The quantitative estimate of drug-likeness (QED) is 0.765. The van der Waals surface area contributed by atoms with Crippen molar-refractivity contribution in [1.29, 1.82) is 0 Å².